The maximum Gasteiger partial charge on any atom is 0.419 e. The Morgan fingerprint density at radius 2 is 2.12 bits per heavy atom. The molecule has 0 aliphatic heterocycles. The van der Waals surface area contributed by atoms with Crippen molar-refractivity contribution in [3.05, 3.63) is 30.2 Å². The molecule has 2 aromatic heterocycles. The largest absolute Gasteiger partial charge is 0.443 e. The van der Waals surface area contributed by atoms with Gasteiger partial charge in [-0.05, 0) is 39.8 Å². The van der Waals surface area contributed by atoms with Gasteiger partial charge in [-0.15, -0.1) is 0 Å². The summed E-state index contributed by atoms with van der Waals surface area (Å²) in [6, 6.07) is 3.73. The minimum Gasteiger partial charge on any atom is -0.443 e. The average molecular weight is 232 g/mol. The lowest BCUT2D eigenvalue weighted by atomic mass is 10.2. The summed E-state index contributed by atoms with van der Waals surface area (Å²) in [5, 5.41) is 0.941. The van der Waals surface area contributed by atoms with Gasteiger partial charge in [0.25, 0.3) is 0 Å². The monoisotopic (exact) mass is 232 g/mol. The predicted molar refractivity (Wildman–Crippen MR) is 66.1 cm³/mol. The molecule has 2 aromatic rings. The van der Waals surface area contributed by atoms with Crippen molar-refractivity contribution in [2.45, 2.75) is 33.3 Å². The molecule has 2 heterocycles. The Labute approximate surface area is 100 Å². The zero-order valence-corrected chi connectivity index (χ0v) is 10.5. The summed E-state index contributed by atoms with van der Waals surface area (Å²) < 4.78 is 6.95. The third kappa shape index (κ3) is 2.30. The average Bonchev–Trinajstić information content (AvgIpc) is 2.50. The van der Waals surface area contributed by atoms with Crippen LogP contribution in [0.25, 0.3) is 10.9 Å². The molecule has 4 nitrogen and oxygen atoms in total. The Hall–Kier alpha value is -1.84. The molecule has 0 aliphatic carbocycles. The molecule has 2 rings (SSSR count). The number of hydrogen-bond donors (Lipinski definition) is 0. The summed E-state index contributed by atoms with van der Waals surface area (Å²) in [5.74, 6) is 0. The van der Waals surface area contributed by atoms with Crippen LogP contribution in [0, 0.1) is 6.92 Å². The molecular formula is C13H16N2O2. The van der Waals surface area contributed by atoms with E-state index >= 15 is 0 Å². The van der Waals surface area contributed by atoms with E-state index < -0.39 is 5.60 Å². The molecule has 0 saturated heterocycles. The van der Waals surface area contributed by atoms with E-state index in [1.54, 1.807) is 17.0 Å². The fourth-order valence-corrected chi connectivity index (χ4v) is 1.74. The minimum absolute atomic E-state index is 0.351. The van der Waals surface area contributed by atoms with Crippen LogP contribution in [0.5, 0.6) is 0 Å². The molecule has 0 N–H and O–H groups in total. The number of nitrogens with zero attached hydrogens (tertiary/aromatic N) is 2. The molecule has 90 valence electrons. The molecule has 0 aliphatic rings. The zero-order valence-electron chi connectivity index (χ0n) is 10.5. The molecule has 0 fully saturated rings. The highest BCUT2D eigenvalue weighted by Gasteiger charge is 2.20. The second-order valence-electron chi connectivity index (χ2n) is 5.04. The topological polar surface area (TPSA) is 44.1 Å². The van der Waals surface area contributed by atoms with E-state index in [2.05, 4.69) is 4.98 Å². The summed E-state index contributed by atoms with van der Waals surface area (Å²) in [4.78, 5) is 16.1. The molecule has 0 radical (unpaired) electrons. The van der Waals surface area contributed by atoms with Crippen LogP contribution < -0.4 is 0 Å². The van der Waals surface area contributed by atoms with Gasteiger partial charge in [0.2, 0.25) is 0 Å². The highest BCUT2D eigenvalue weighted by molar-refractivity contribution is 5.90. The number of ether oxygens (including phenoxy) is 1. The number of aryl methyl sites for hydroxylation is 1. The van der Waals surface area contributed by atoms with Crippen molar-refractivity contribution >= 4 is 17.0 Å². The van der Waals surface area contributed by atoms with E-state index in [-0.39, 0.29) is 6.09 Å². The summed E-state index contributed by atoms with van der Waals surface area (Å²) in [5.41, 5.74) is 1.18. The first-order valence-corrected chi connectivity index (χ1v) is 5.54. The Morgan fingerprint density at radius 3 is 2.76 bits per heavy atom. The smallest absolute Gasteiger partial charge is 0.419 e. The van der Waals surface area contributed by atoms with E-state index in [9.17, 15) is 4.79 Å². The number of fused-ring (bicyclic) bond motifs is 1. The van der Waals surface area contributed by atoms with Gasteiger partial charge in [-0.3, -0.25) is 4.98 Å². The number of carbonyl (C=O) groups excluding carboxylic acids is 1. The molecule has 0 unspecified atom stereocenters. The fraction of sp³-hybridized carbons (Fsp3) is 0.385. The third-order valence-corrected chi connectivity index (χ3v) is 2.36. The van der Waals surface area contributed by atoms with Crippen molar-refractivity contribution in [3.8, 4) is 0 Å². The van der Waals surface area contributed by atoms with E-state index in [0.717, 1.165) is 16.6 Å². The number of pyridine rings is 1. The number of carbonyl (C=O) groups is 1. The molecule has 0 aromatic carbocycles. The first-order chi connectivity index (χ1) is 7.88. The van der Waals surface area contributed by atoms with Gasteiger partial charge < -0.3 is 4.74 Å². The van der Waals surface area contributed by atoms with Crippen LogP contribution in [0.1, 0.15) is 26.5 Å². The standard InChI is InChI=1S/C13H16N2O2/c1-9-7-10-8-14-6-5-11(10)15(9)12(16)17-13(2,3)4/h5-8H,1-4H3. The number of rotatable bonds is 0. The Balaban J connectivity index is 2.48. The molecular weight excluding hydrogens is 216 g/mol. The van der Waals surface area contributed by atoms with E-state index in [4.69, 9.17) is 4.74 Å². The van der Waals surface area contributed by atoms with Crippen LogP contribution in [0.4, 0.5) is 4.79 Å². The lowest BCUT2D eigenvalue weighted by Crippen LogP contribution is -2.27. The number of aromatic nitrogens is 2. The summed E-state index contributed by atoms with van der Waals surface area (Å²) in [6.45, 7) is 7.44. The highest BCUT2D eigenvalue weighted by atomic mass is 16.6. The SMILES string of the molecule is Cc1cc2cnccc2n1C(=O)OC(C)(C)C. The van der Waals surface area contributed by atoms with E-state index in [1.165, 1.54) is 0 Å². The molecule has 4 heteroatoms. The summed E-state index contributed by atoms with van der Waals surface area (Å²) >= 11 is 0. The van der Waals surface area contributed by atoms with Crippen LogP contribution in [0.15, 0.2) is 24.5 Å². The van der Waals surface area contributed by atoms with Crippen molar-refractivity contribution < 1.29 is 9.53 Å². The van der Waals surface area contributed by atoms with Crippen molar-refractivity contribution in [2.24, 2.45) is 0 Å². The predicted octanol–water partition coefficient (Wildman–Crippen LogP) is 3.13. The molecule has 0 amide bonds. The zero-order chi connectivity index (χ0) is 12.6. The number of hydrogen-bond acceptors (Lipinski definition) is 3. The van der Waals surface area contributed by atoms with Crippen LogP contribution in [-0.2, 0) is 4.74 Å². The minimum atomic E-state index is -0.493. The summed E-state index contributed by atoms with van der Waals surface area (Å²) in [7, 11) is 0. The second-order valence-corrected chi connectivity index (χ2v) is 5.04. The van der Waals surface area contributed by atoms with Crippen molar-refractivity contribution in [1.29, 1.82) is 0 Å². The molecule has 0 saturated carbocycles. The Kier molecular flexibility index (Phi) is 2.65. The van der Waals surface area contributed by atoms with Crippen molar-refractivity contribution in [3.63, 3.8) is 0 Å². The van der Waals surface area contributed by atoms with Crippen molar-refractivity contribution in [2.75, 3.05) is 0 Å². The van der Waals surface area contributed by atoms with Crippen molar-refractivity contribution in [1.82, 2.24) is 9.55 Å². The van der Waals surface area contributed by atoms with Gasteiger partial charge in [0.05, 0.1) is 5.52 Å². The van der Waals surface area contributed by atoms with Gasteiger partial charge in [0.15, 0.2) is 0 Å². The van der Waals surface area contributed by atoms with Crippen LogP contribution in [-0.4, -0.2) is 21.2 Å². The highest BCUT2D eigenvalue weighted by Crippen LogP contribution is 2.20. The second kappa shape index (κ2) is 3.87. The Morgan fingerprint density at radius 1 is 1.41 bits per heavy atom. The third-order valence-electron chi connectivity index (χ3n) is 2.36. The van der Waals surface area contributed by atoms with Gasteiger partial charge in [0.1, 0.15) is 5.60 Å². The molecule has 17 heavy (non-hydrogen) atoms. The van der Waals surface area contributed by atoms with E-state index in [1.807, 2.05) is 39.8 Å². The maximum atomic E-state index is 12.1. The van der Waals surface area contributed by atoms with Gasteiger partial charge in [-0.1, -0.05) is 0 Å². The Bertz CT molecular complexity index is 564. The van der Waals surface area contributed by atoms with Gasteiger partial charge in [-0.2, -0.15) is 0 Å². The van der Waals surface area contributed by atoms with Crippen LogP contribution in [0.3, 0.4) is 0 Å². The van der Waals surface area contributed by atoms with Crippen LogP contribution in [0.2, 0.25) is 0 Å². The fourth-order valence-electron chi connectivity index (χ4n) is 1.74. The molecule has 0 bridgehead atoms. The van der Waals surface area contributed by atoms with Gasteiger partial charge >= 0.3 is 6.09 Å². The lowest BCUT2D eigenvalue weighted by molar-refractivity contribution is 0.0542. The lowest BCUT2D eigenvalue weighted by Gasteiger charge is -2.20. The summed E-state index contributed by atoms with van der Waals surface area (Å²) in [6.07, 6.45) is 3.06. The van der Waals surface area contributed by atoms with Gasteiger partial charge in [0, 0.05) is 23.5 Å². The normalized spacial score (nSPS) is 11.8. The maximum absolute atomic E-state index is 12.1. The molecule has 0 spiro atoms. The first kappa shape index (κ1) is 11.6. The first-order valence-electron chi connectivity index (χ1n) is 5.54. The van der Waals surface area contributed by atoms with Gasteiger partial charge in [-0.25, -0.2) is 9.36 Å². The molecule has 0 atom stereocenters. The van der Waals surface area contributed by atoms with E-state index in [0.29, 0.717) is 0 Å². The quantitative estimate of drug-likeness (QED) is 0.701. The van der Waals surface area contributed by atoms with Crippen LogP contribution >= 0.6 is 0 Å².